The second-order valence-electron chi connectivity index (χ2n) is 6.19. The first-order valence-electron chi connectivity index (χ1n) is 9.16. The molecule has 0 aliphatic rings. The second kappa shape index (κ2) is 10.1. The van der Waals surface area contributed by atoms with Gasteiger partial charge in [0.1, 0.15) is 11.6 Å². The Kier molecular flexibility index (Phi) is 7.60. The van der Waals surface area contributed by atoms with Crippen molar-refractivity contribution in [3.63, 3.8) is 0 Å². The minimum atomic E-state index is -0.406. The zero-order chi connectivity index (χ0) is 19.6. The van der Waals surface area contributed by atoms with Crippen LogP contribution in [0.3, 0.4) is 0 Å². The van der Waals surface area contributed by atoms with Crippen LogP contribution < -0.4 is 16.4 Å². The summed E-state index contributed by atoms with van der Waals surface area (Å²) in [5, 5.41) is 15.3. The van der Waals surface area contributed by atoms with Gasteiger partial charge in [0.05, 0.1) is 0 Å². The molecule has 0 saturated carbocycles. The van der Waals surface area contributed by atoms with Crippen molar-refractivity contribution in [2.75, 3.05) is 5.32 Å². The maximum absolute atomic E-state index is 12.6. The van der Waals surface area contributed by atoms with Crippen LogP contribution in [0, 0.1) is 11.3 Å². The van der Waals surface area contributed by atoms with Gasteiger partial charge in [-0.15, -0.1) is 0 Å². The molecule has 2 aromatic carbocycles. The highest BCUT2D eigenvalue weighted by atomic mass is 16.1. The van der Waals surface area contributed by atoms with Crippen LogP contribution in [0.15, 0.2) is 54.2 Å². The summed E-state index contributed by atoms with van der Waals surface area (Å²) < 4.78 is 0. The fourth-order valence-electron chi connectivity index (χ4n) is 2.87. The molecule has 27 heavy (non-hydrogen) atoms. The molecule has 0 heterocycles. The van der Waals surface area contributed by atoms with Gasteiger partial charge >= 0.3 is 0 Å². The summed E-state index contributed by atoms with van der Waals surface area (Å²) in [6.07, 6.45) is 3.08. The van der Waals surface area contributed by atoms with Crippen molar-refractivity contribution in [2.24, 2.45) is 5.73 Å². The molecule has 5 heteroatoms. The highest BCUT2D eigenvalue weighted by Gasteiger charge is 2.13. The van der Waals surface area contributed by atoms with E-state index in [-0.39, 0.29) is 5.57 Å². The third-order valence-electron chi connectivity index (χ3n) is 4.38. The Morgan fingerprint density at radius 2 is 1.74 bits per heavy atom. The van der Waals surface area contributed by atoms with E-state index in [4.69, 9.17) is 5.73 Å². The molecular weight excluding hydrogens is 336 g/mol. The summed E-state index contributed by atoms with van der Waals surface area (Å²) in [6.45, 7) is 5.08. The molecule has 0 unspecified atom stereocenters. The van der Waals surface area contributed by atoms with Crippen LogP contribution in [0.1, 0.15) is 36.1 Å². The van der Waals surface area contributed by atoms with E-state index in [2.05, 4.69) is 10.6 Å². The summed E-state index contributed by atoms with van der Waals surface area (Å²) in [7, 11) is 0. The van der Waals surface area contributed by atoms with Crippen LogP contribution in [0.2, 0.25) is 0 Å². The summed E-state index contributed by atoms with van der Waals surface area (Å²) in [5.74, 6) is -0.406. The molecule has 0 fully saturated rings. The van der Waals surface area contributed by atoms with Gasteiger partial charge in [0, 0.05) is 25.0 Å². The quantitative estimate of drug-likeness (QED) is 0.496. The molecule has 0 aliphatic heterocycles. The summed E-state index contributed by atoms with van der Waals surface area (Å²) in [5.41, 5.74) is 10.7. The average Bonchev–Trinajstić information content (AvgIpc) is 2.71. The van der Waals surface area contributed by atoms with Gasteiger partial charge in [-0.1, -0.05) is 56.3 Å². The number of benzene rings is 2. The fraction of sp³-hybridized carbons (Fsp3) is 0.273. The van der Waals surface area contributed by atoms with Gasteiger partial charge in [0.15, 0.2) is 0 Å². The molecule has 1 amide bonds. The van der Waals surface area contributed by atoms with E-state index >= 15 is 0 Å². The van der Waals surface area contributed by atoms with Crippen LogP contribution in [0.4, 0.5) is 5.69 Å². The number of nitrogens with zero attached hydrogens (tertiary/aromatic N) is 1. The Morgan fingerprint density at radius 1 is 1.11 bits per heavy atom. The monoisotopic (exact) mass is 362 g/mol. The van der Waals surface area contributed by atoms with Crippen LogP contribution in [-0.4, -0.2) is 5.91 Å². The van der Waals surface area contributed by atoms with E-state index in [1.807, 2.05) is 62.4 Å². The molecule has 0 atom stereocenters. The highest BCUT2D eigenvalue weighted by Crippen LogP contribution is 2.23. The van der Waals surface area contributed by atoms with E-state index < -0.39 is 5.91 Å². The molecule has 0 radical (unpaired) electrons. The third-order valence-corrected chi connectivity index (χ3v) is 4.38. The number of amides is 1. The van der Waals surface area contributed by atoms with Crippen molar-refractivity contribution in [3.05, 3.63) is 76.5 Å². The molecule has 2 aromatic rings. The maximum atomic E-state index is 12.6. The van der Waals surface area contributed by atoms with Crippen LogP contribution in [0.5, 0.6) is 0 Å². The van der Waals surface area contributed by atoms with Crippen molar-refractivity contribution in [3.8, 4) is 6.07 Å². The molecule has 0 aliphatic carbocycles. The first-order valence-corrected chi connectivity index (χ1v) is 9.16. The molecule has 0 aromatic heterocycles. The minimum absolute atomic E-state index is 0.0398. The average molecular weight is 362 g/mol. The predicted octanol–water partition coefficient (Wildman–Crippen LogP) is 3.41. The Morgan fingerprint density at radius 3 is 2.33 bits per heavy atom. The number of carbonyl (C=O) groups is 1. The van der Waals surface area contributed by atoms with E-state index in [9.17, 15) is 10.1 Å². The molecule has 5 nitrogen and oxygen atoms in total. The largest absolute Gasteiger partial charge is 0.386 e. The molecule has 0 bridgehead atoms. The number of para-hydroxylation sites is 1. The third kappa shape index (κ3) is 5.44. The van der Waals surface area contributed by atoms with Gasteiger partial charge in [0.2, 0.25) is 0 Å². The number of nitriles is 1. The van der Waals surface area contributed by atoms with Crippen molar-refractivity contribution in [1.29, 1.82) is 5.26 Å². The Hall–Kier alpha value is -3.10. The Labute approximate surface area is 160 Å². The van der Waals surface area contributed by atoms with Gasteiger partial charge in [0.25, 0.3) is 5.91 Å². The first-order chi connectivity index (χ1) is 13.1. The van der Waals surface area contributed by atoms with Crippen molar-refractivity contribution in [1.82, 2.24) is 5.32 Å². The summed E-state index contributed by atoms with van der Waals surface area (Å²) in [4.78, 5) is 12.6. The predicted molar refractivity (Wildman–Crippen MR) is 109 cm³/mol. The van der Waals surface area contributed by atoms with Gasteiger partial charge in [-0.05, 0) is 35.1 Å². The number of aryl methyl sites for hydroxylation is 2. The Balaban J connectivity index is 2.10. The van der Waals surface area contributed by atoms with E-state index in [1.54, 1.807) is 0 Å². The van der Waals surface area contributed by atoms with Crippen LogP contribution in [-0.2, 0) is 30.7 Å². The number of carbonyl (C=O) groups excluding carboxylic acids is 1. The smallest absolute Gasteiger partial charge is 0.267 e. The molecule has 2 rings (SSSR count). The van der Waals surface area contributed by atoms with Gasteiger partial charge < -0.3 is 16.4 Å². The fourth-order valence-corrected chi connectivity index (χ4v) is 2.87. The number of rotatable bonds is 8. The van der Waals surface area contributed by atoms with Gasteiger partial charge in [-0.3, -0.25) is 4.79 Å². The zero-order valence-corrected chi connectivity index (χ0v) is 15.9. The zero-order valence-electron chi connectivity index (χ0n) is 15.9. The number of anilines is 1. The van der Waals surface area contributed by atoms with Crippen LogP contribution >= 0.6 is 0 Å². The van der Waals surface area contributed by atoms with E-state index in [1.165, 1.54) is 6.20 Å². The molecule has 140 valence electrons. The number of nitrogens with one attached hydrogen (secondary N) is 2. The standard InChI is InChI=1S/C22H26N4O/c1-3-18-9-6-10-19(4-2)21(18)26-22(27)20(13-24)15-25-14-17-8-5-7-16(11-17)12-23/h5-11,15,25H,3-4,12,14,23H2,1-2H3,(H,26,27)/b20-15-. The van der Waals surface area contributed by atoms with Crippen LogP contribution in [0.25, 0.3) is 0 Å². The molecular formula is C22H26N4O. The molecule has 0 saturated heterocycles. The lowest BCUT2D eigenvalue weighted by atomic mass is 10.0. The molecule has 0 spiro atoms. The SMILES string of the molecule is CCc1cccc(CC)c1NC(=O)/C(C#N)=C\NCc1cccc(CN)c1. The topological polar surface area (TPSA) is 90.9 Å². The molecule has 4 N–H and O–H groups in total. The lowest BCUT2D eigenvalue weighted by Crippen LogP contribution is -2.18. The van der Waals surface area contributed by atoms with E-state index in [0.717, 1.165) is 40.8 Å². The number of hydrogen-bond acceptors (Lipinski definition) is 4. The lowest BCUT2D eigenvalue weighted by Gasteiger charge is -2.14. The number of nitrogens with two attached hydrogens (primary N) is 1. The van der Waals surface area contributed by atoms with Gasteiger partial charge in [-0.2, -0.15) is 5.26 Å². The normalized spacial score (nSPS) is 11.0. The van der Waals surface area contributed by atoms with Crippen molar-refractivity contribution in [2.45, 2.75) is 39.8 Å². The highest BCUT2D eigenvalue weighted by molar-refractivity contribution is 6.07. The summed E-state index contributed by atoms with van der Waals surface area (Å²) in [6, 6.07) is 15.8. The first kappa shape index (κ1) is 20.2. The second-order valence-corrected chi connectivity index (χ2v) is 6.19. The lowest BCUT2D eigenvalue weighted by molar-refractivity contribution is -0.112. The maximum Gasteiger partial charge on any atom is 0.267 e. The van der Waals surface area contributed by atoms with Gasteiger partial charge in [-0.25, -0.2) is 0 Å². The van der Waals surface area contributed by atoms with Crippen molar-refractivity contribution >= 4 is 11.6 Å². The number of hydrogen-bond donors (Lipinski definition) is 3. The summed E-state index contributed by atoms with van der Waals surface area (Å²) >= 11 is 0. The van der Waals surface area contributed by atoms with Crippen molar-refractivity contribution < 1.29 is 4.79 Å². The minimum Gasteiger partial charge on any atom is -0.386 e. The van der Waals surface area contributed by atoms with E-state index in [0.29, 0.717) is 13.1 Å². The Bertz CT molecular complexity index is 843.